The lowest BCUT2D eigenvalue weighted by molar-refractivity contribution is -0.125. The van der Waals surface area contributed by atoms with Crippen LogP contribution in [0.3, 0.4) is 0 Å². The molecule has 42 heavy (non-hydrogen) atoms. The first-order chi connectivity index (χ1) is 20.2. The first kappa shape index (κ1) is 27.4. The highest BCUT2D eigenvalue weighted by molar-refractivity contribution is 6.07. The number of nitrogens with one attached hydrogen (secondary N) is 3. The van der Waals surface area contributed by atoms with Crippen molar-refractivity contribution in [1.82, 2.24) is 34.6 Å². The predicted octanol–water partition coefficient (Wildman–Crippen LogP) is 4.98. The summed E-state index contributed by atoms with van der Waals surface area (Å²) in [6, 6.07) is 11.5. The van der Waals surface area contributed by atoms with E-state index in [0.29, 0.717) is 18.3 Å². The second-order valence-electron chi connectivity index (χ2n) is 11.2. The Bertz CT molecular complexity index is 1720. The van der Waals surface area contributed by atoms with Crippen molar-refractivity contribution in [3.05, 3.63) is 72.4 Å². The van der Waals surface area contributed by atoms with Crippen molar-refractivity contribution in [2.24, 2.45) is 7.05 Å². The number of H-pyrrole nitrogens is 1. The number of hydrogen-bond donors (Lipinski definition) is 3. The zero-order valence-electron chi connectivity index (χ0n) is 24.5. The molecule has 1 saturated heterocycles. The van der Waals surface area contributed by atoms with Gasteiger partial charge >= 0.3 is 0 Å². The summed E-state index contributed by atoms with van der Waals surface area (Å²) >= 11 is 0. The van der Waals surface area contributed by atoms with E-state index in [-0.39, 0.29) is 12.0 Å². The second-order valence-corrected chi connectivity index (χ2v) is 11.2. The number of fused-ring (bicyclic) bond motifs is 1. The molecule has 0 unspecified atom stereocenters. The number of aromatic amines is 1. The molecule has 0 saturated carbocycles. The standard InChI is InChI=1S/C31H35N9O2/c1-19-16-34-30(36-26-15-20(2)39(5)38-26)37-27(19)24-17-33-28-23(24)7-6-8-25(28)35-29(41)31(3,4)40-14-11-22(18-40)42-21-9-12-32-13-10-21/h6-10,12-13,15-17,22,33H,11,14,18H2,1-5H3,(H,35,41)(H,34,36,37,38)/t22-/m0/s1. The van der Waals surface area contributed by atoms with E-state index in [2.05, 4.69) is 35.6 Å². The maximum absolute atomic E-state index is 13.7. The van der Waals surface area contributed by atoms with Gasteiger partial charge in [-0.1, -0.05) is 12.1 Å². The summed E-state index contributed by atoms with van der Waals surface area (Å²) in [6.45, 7) is 9.33. The highest BCUT2D eigenvalue weighted by Gasteiger charge is 2.40. The Morgan fingerprint density at radius 1 is 1.17 bits per heavy atom. The lowest BCUT2D eigenvalue weighted by atomic mass is 10.0. The van der Waals surface area contributed by atoms with Crippen molar-refractivity contribution < 1.29 is 9.53 Å². The van der Waals surface area contributed by atoms with Gasteiger partial charge in [-0.2, -0.15) is 5.10 Å². The average molecular weight is 566 g/mol. The third-order valence-corrected chi connectivity index (χ3v) is 7.99. The van der Waals surface area contributed by atoms with Gasteiger partial charge in [-0.15, -0.1) is 0 Å². The first-order valence-corrected chi connectivity index (χ1v) is 14.0. The van der Waals surface area contributed by atoms with Gasteiger partial charge in [-0.05, 0) is 57.9 Å². The lowest BCUT2D eigenvalue weighted by Gasteiger charge is -2.34. The quantitative estimate of drug-likeness (QED) is 0.240. The maximum Gasteiger partial charge on any atom is 0.244 e. The Morgan fingerprint density at radius 2 is 1.98 bits per heavy atom. The number of carbonyl (C=O) groups excluding carboxylic acids is 1. The summed E-state index contributed by atoms with van der Waals surface area (Å²) in [5.41, 5.74) is 4.51. The number of anilines is 3. The third-order valence-electron chi connectivity index (χ3n) is 7.99. The minimum absolute atomic E-state index is 0.0195. The van der Waals surface area contributed by atoms with Crippen molar-refractivity contribution in [3.8, 4) is 17.0 Å². The van der Waals surface area contributed by atoms with Gasteiger partial charge in [0, 0.05) is 67.6 Å². The normalized spacial score (nSPS) is 15.7. The Hall–Kier alpha value is -4.77. The molecule has 1 aliphatic rings. The van der Waals surface area contributed by atoms with E-state index in [1.165, 1.54) is 0 Å². The molecule has 6 rings (SSSR count). The highest BCUT2D eigenvalue weighted by atomic mass is 16.5. The van der Waals surface area contributed by atoms with Crippen molar-refractivity contribution in [1.29, 1.82) is 0 Å². The zero-order chi connectivity index (χ0) is 29.4. The Labute approximate surface area is 244 Å². The number of aryl methyl sites for hydroxylation is 3. The highest BCUT2D eigenvalue weighted by Crippen LogP contribution is 2.34. The minimum Gasteiger partial charge on any atom is -0.489 e. The van der Waals surface area contributed by atoms with Crippen LogP contribution in [0.2, 0.25) is 0 Å². The summed E-state index contributed by atoms with van der Waals surface area (Å²) in [5, 5.41) is 11.8. The molecule has 3 N–H and O–H groups in total. The SMILES string of the molecule is Cc1cnc(Nc2cc(C)n(C)n2)nc1-c1c[nH]c2c(NC(=O)C(C)(C)N3CC[C@H](Oc4ccncc4)C3)cccc12. The number of nitrogens with zero attached hydrogens (tertiary/aromatic N) is 6. The van der Waals surface area contributed by atoms with Crippen LogP contribution in [0.25, 0.3) is 22.2 Å². The number of likely N-dealkylation sites (tertiary alicyclic amines) is 1. The predicted molar refractivity (Wildman–Crippen MR) is 163 cm³/mol. The molecule has 0 bridgehead atoms. The molecule has 11 heteroatoms. The van der Waals surface area contributed by atoms with Crippen LogP contribution in [-0.2, 0) is 11.8 Å². The van der Waals surface area contributed by atoms with E-state index in [9.17, 15) is 4.79 Å². The van der Waals surface area contributed by atoms with Gasteiger partial charge in [0.2, 0.25) is 11.9 Å². The third kappa shape index (κ3) is 5.30. The van der Waals surface area contributed by atoms with Crippen molar-refractivity contribution in [2.75, 3.05) is 23.7 Å². The number of pyridine rings is 1. The summed E-state index contributed by atoms with van der Waals surface area (Å²) in [7, 11) is 1.89. The van der Waals surface area contributed by atoms with E-state index in [0.717, 1.165) is 57.8 Å². The number of para-hydroxylation sites is 1. The number of rotatable bonds is 8. The van der Waals surface area contributed by atoms with Crippen molar-refractivity contribution in [3.63, 3.8) is 0 Å². The van der Waals surface area contributed by atoms with Crippen LogP contribution >= 0.6 is 0 Å². The molecule has 1 amide bonds. The molecule has 5 aromatic rings. The van der Waals surface area contributed by atoms with Crippen LogP contribution in [0.4, 0.5) is 17.5 Å². The van der Waals surface area contributed by atoms with E-state index < -0.39 is 5.54 Å². The molecule has 1 aromatic carbocycles. The van der Waals surface area contributed by atoms with Crippen LogP contribution in [0.5, 0.6) is 5.75 Å². The van der Waals surface area contributed by atoms with E-state index in [4.69, 9.17) is 9.72 Å². The second kappa shape index (κ2) is 10.9. The minimum atomic E-state index is -0.735. The Balaban J connectivity index is 1.20. The maximum atomic E-state index is 13.7. The van der Waals surface area contributed by atoms with E-state index >= 15 is 0 Å². The van der Waals surface area contributed by atoms with E-state index in [1.807, 2.05) is 77.3 Å². The molecule has 4 aromatic heterocycles. The van der Waals surface area contributed by atoms with Crippen LogP contribution in [0.15, 0.2) is 61.2 Å². The topological polar surface area (TPSA) is 126 Å². The Kier molecular flexibility index (Phi) is 7.11. The summed E-state index contributed by atoms with van der Waals surface area (Å²) < 4.78 is 7.92. The van der Waals surface area contributed by atoms with Gasteiger partial charge in [0.15, 0.2) is 5.82 Å². The van der Waals surface area contributed by atoms with E-state index in [1.54, 1.807) is 23.3 Å². The van der Waals surface area contributed by atoms with Crippen molar-refractivity contribution in [2.45, 2.75) is 45.8 Å². The van der Waals surface area contributed by atoms with Crippen LogP contribution in [-0.4, -0.2) is 65.3 Å². The number of amides is 1. The number of hydrogen-bond acceptors (Lipinski definition) is 8. The number of carbonyl (C=O) groups is 1. The average Bonchev–Trinajstić information content (AvgIpc) is 3.70. The fourth-order valence-electron chi connectivity index (χ4n) is 5.33. The molecule has 1 fully saturated rings. The van der Waals surface area contributed by atoms with Crippen molar-refractivity contribution >= 4 is 34.3 Å². The molecule has 0 spiro atoms. The van der Waals surface area contributed by atoms with Gasteiger partial charge in [0.1, 0.15) is 11.9 Å². The molecule has 0 aliphatic carbocycles. The summed E-state index contributed by atoms with van der Waals surface area (Å²) in [6.07, 6.45) is 8.04. The molecule has 5 heterocycles. The summed E-state index contributed by atoms with van der Waals surface area (Å²) in [5.74, 6) is 1.86. The number of ether oxygens (including phenoxy) is 1. The zero-order valence-corrected chi connectivity index (χ0v) is 24.5. The van der Waals surface area contributed by atoms with Gasteiger partial charge < -0.3 is 20.4 Å². The molecule has 216 valence electrons. The van der Waals surface area contributed by atoms with Crippen LogP contribution in [0.1, 0.15) is 31.5 Å². The molecular weight excluding hydrogens is 530 g/mol. The molecule has 1 atom stereocenters. The molecular formula is C31H35N9O2. The Morgan fingerprint density at radius 3 is 2.74 bits per heavy atom. The van der Waals surface area contributed by atoms with Gasteiger partial charge in [-0.25, -0.2) is 9.97 Å². The summed E-state index contributed by atoms with van der Waals surface area (Å²) in [4.78, 5) is 32.5. The molecule has 11 nitrogen and oxygen atoms in total. The van der Waals surface area contributed by atoms with Gasteiger partial charge in [0.25, 0.3) is 0 Å². The lowest BCUT2D eigenvalue weighted by Crippen LogP contribution is -2.52. The van der Waals surface area contributed by atoms with Gasteiger partial charge in [0.05, 0.1) is 22.4 Å². The van der Waals surface area contributed by atoms with Crippen LogP contribution < -0.4 is 15.4 Å². The smallest absolute Gasteiger partial charge is 0.244 e. The molecule has 0 radical (unpaired) electrons. The monoisotopic (exact) mass is 565 g/mol. The number of aromatic nitrogens is 6. The first-order valence-electron chi connectivity index (χ1n) is 14.0. The number of benzene rings is 1. The fraction of sp³-hybridized carbons (Fsp3) is 0.323. The largest absolute Gasteiger partial charge is 0.489 e. The fourth-order valence-corrected chi connectivity index (χ4v) is 5.33. The molecule has 1 aliphatic heterocycles. The van der Waals surface area contributed by atoms with Crippen LogP contribution in [0, 0.1) is 13.8 Å². The van der Waals surface area contributed by atoms with Gasteiger partial charge in [-0.3, -0.25) is 19.4 Å².